The number of hydrogen-bond acceptors (Lipinski definition) is 5. The largest absolute Gasteiger partial charge is 0.480 e. The van der Waals surface area contributed by atoms with Crippen molar-refractivity contribution in [3.05, 3.63) is 35.9 Å². The Morgan fingerprint density at radius 1 is 1.07 bits per heavy atom. The van der Waals surface area contributed by atoms with Gasteiger partial charge in [-0.2, -0.15) is 0 Å². The average Bonchev–Trinajstić information content (AvgIpc) is 2.70. The van der Waals surface area contributed by atoms with Gasteiger partial charge in [0, 0.05) is 19.3 Å². The van der Waals surface area contributed by atoms with Gasteiger partial charge in [-0.3, -0.25) is 19.2 Å². The van der Waals surface area contributed by atoms with Gasteiger partial charge in [-0.05, 0) is 24.3 Å². The van der Waals surface area contributed by atoms with Crippen molar-refractivity contribution in [3.8, 4) is 0 Å². The van der Waals surface area contributed by atoms with Crippen molar-refractivity contribution < 1.29 is 29.1 Å². The molecule has 1 saturated heterocycles. The second-order valence-electron chi connectivity index (χ2n) is 7.79. The highest BCUT2D eigenvalue weighted by molar-refractivity contribution is 5.99. The number of piperazine rings is 1. The summed E-state index contributed by atoms with van der Waals surface area (Å²) in [5.74, 6) is -3.27. The van der Waals surface area contributed by atoms with Gasteiger partial charge in [-0.25, -0.2) is 4.79 Å². The van der Waals surface area contributed by atoms with E-state index in [-0.39, 0.29) is 18.6 Å². The number of ketones is 1. The highest BCUT2D eigenvalue weighted by Gasteiger charge is 2.37. The van der Waals surface area contributed by atoms with Gasteiger partial charge >= 0.3 is 5.97 Å². The number of nitrogens with one attached hydrogen (secondary N) is 3. The molecule has 0 spiro atoms. The fourth-order valence-electron chi connectivity index (χ4n) is 3.95. The third-order valence-corrected chi connectivity index (χ3v) is 5.51. The Kier molecular flexibility index (Phi) is 6.81. The molecule has 1 saturated carbocycles. The number of carboxylic acids is 1. The molecule has 1 heterocycles. The van der Waals surface area contributed by atoms with Crippen molar-refractivity contribution in [3.63, 3.8) is 0 Å². The number of carboxylic acid groups (broad SMARTS) is 1. The van der Waals surface area contributed by atoms with Crippen LogP contribution in [0.2, 0.25) is 0 Å². The molecule has 1 aliphatic heterocycles. The molecule has 0 bridgehead atoms. The Hall–Kier alpha value is -3.23. The van der Waals surface area contributed by atoms with Gasteiger partial charge in [-0.1, -0.05) is 30.3 Å². The van der Waals surface area contributed by atoms with Gasteiger partial charge in [0.1, 0.15) is 23.9 Å². The minimum absolute atomic E-state index is 0.0184. The number of carbonyl (C=O) groups excluding carboxylic acids is 4. The van der Waals surface area contributed by atoms with E-state index >= 15 is 0 Å². The summed E-state index contributed by atoms with van der Waals surface area (Å²) < 4.78 is 0. The number of Topliss-reactive ketones (excluding diaryl/α,β-unsaturated/α-hetero) is 1. The number of carbonyl (C=O) groups is 5. The molecular weight excluding hydrogens is 390 g/mol. The van der Waals surface area contributed by atoms with Crippen LogP contribution < -0.4 is 16.0 Å². The van der Waals surface area contributed by atoms with Crippen LogP contribution in [-0.2, 0) is 30.4 Å². The third-order valence-electron chi connectivity index (χ3n) is 5.51. The van der Waals surface area contributed by atoms with Crippen LogP contribution in [0.15, 0.2) is 30.3 Å². The quantitative estimate of drug-likeness (QED) is 0.491. The number of amides is 3. The van der Waals surface area contributed by atoms with Gasteiger partial charge in [-0.15, -0.1) is 0 Å². The second-order valence-corrected chi connectivity index (χ2v) is 7.79. The van der Waals surface area contributed by atoms with E-state index in [0.29, 0.717) is 25.7 Å². The Labute approximate surface area is 173 Å². The van der Waals surface area contributed by atoms with Crippen molar-refractivity contribution in [2.75, 3.05) is 0 Å². The lowest BCUT2D eigenvalue weighted by molar-refractivity contribution is -0.145. The van der Waals surface area contributed by atoms with Crippen LogP contribution in [0.4, 0.5) is 0 Å². The Bertz CT molecular complexity index is 840. The van der Waals surface area contributed by atoms with Gasteiger partial charge in [0.25, 0.3) is 0 Å². The molecule has 0 aromatic heterocycles. The number of benzene rings is 1. The van der Waals surface area contributed by atoms with Crippen LogP contribution >= 0.6 is 0 Å². The summed E-state index contributed by atoms with van der Waals surface area (Å²) >= 11 is 0. The van der Waals surface area contributed by atoms with E-state index in [1.807, 2.05) is 30.3 Å². The zero-order valence-electron chi connectivity index (χ0n) is 16.4. The minimum Gasteiger partial charge on any atom is -0.480 e. The van der Waals surface area contributed by atoms with Gasteiger partial charge in [0.2, 0.25) is 17.7 Å². The summed E-state index contributed by atoms with van der Waals surface area (Å²) in [6.45, 7) is 0. The van der Waals surface area contributed by atoms with E-state index in [1.165, 1.54) is 0 Å². The van der Waals surface area contributed by atoms with Crippen molar-refractivity contribution in [2.45, 2.75) is 56.7 Å². The summed E-state index contributed by atoms with van der Waals surface area (Å²) in [5.41, 5.74) is 0.889. The summed E-state index contributed by atoms with van der Waals surface area (Å²) in [4.78, 5) is 60.3. The lowest BCUT2D eigenvalue weighted by Crippen LogP contribution is -2.63. The van der Waals surface area contributed by atoms with E-state index in [2.05, 4.69) is 16.0 Å². The van der Waals surface area contributed by atoms with E-state index in [9.17, 15) is 29.1 Å². The van der Waals surface area contributed by atoms with E-state index in [4.69, 9.17) is 0 Å². The summed E-state index contributed by atoms with van der Waals surface area (Å²) in [5, 5.41) is 17.0. The molecule has 0 unspecified atom stereocenters. The molecule has 9 nitrogen and oxygen atoms in total. The van der Waals surface area contributed by atoms with Crippen molar-refractivity contribution in [1.29, 1.82) is 0 Å². The predicted octanol–water partition coefficient (Wildman–Crippen LogP) is -0.0689. The lowest BCUT2D eigenvalue weighted by atomic mass is 9.83. The molecule has 30 heavy (non-hydrogen) atoms. The zero-order valence-corrected chi connectivity index (χ0v) is 16.4. The third kappa shape index (κ3) is 5.43. The maximum absolute atomic E-state index is 12.4. The standard InChI is InChI=1S/C21H25N3O6/c25-14-8-4-7-13(10-14)18(21(29)30)24-17(26)11-16-20(28)22-15(19(27)23-16)9-12-5-2-1-3-6-12/h1-3,5-6,13,15-16,18H,4,7-11H2,(H,22,28)(H,23,27)(H,24,26)(H,29,30)/t13-,15+,16+,18-/m1/s1. The molecule has 2 fully saturated rings. The number of aliphatic carboxylic acids is 1. The van der Waals surface area contributed by atoms with Gasteiger partial charge in [0.05, 0.1) is 6.42 Å². The van der Waals surface area contributed by atoms with Crippen LogP contribution in [-0.4, -0.2) is 52.7 Å². The fraction of sp³-hybridized carbons (Fsp3) is 0.476. The molecule has 4 atom stereocenters. The topological polar surface area (TPSA) is 142 Å². The minimum atomic E-state index is -1.22. The fourth-order valence-corrected chi connectivity index (χ4v) is 3.95. The molecule has 1 aliphatic carbocycles. The molecule has 4 N–H and O–H groups in total. The first-order chi connectivity index (χ1) is 14.3. The Balaban J connectivity index is 1.56. The SMILES string of the molecule is O=C1CCC[C@@H]([C@@H](NC(=O)C[C@@H]2NC(=O)[C@H](Cc3ccccc3)NC2=O)C(=O)O)C1. The molecule has 3 rings (SSSR count). The predicted molar refractivity (Wildman–Crippen MR) is 105 cm³/mol. The van der Waals surface area contributed by atoms with Crippen molar-refractivity contribution in [1.82, 2.24) is 16.0 Å². The van der Waals surface area contributed by atoms with Crippen LogP contribution in [0.25, 0.3) is 0 Å². The second kappa shape index (κ2) is 9.51. The molecule has 0 radical (unpaired) electrons. The lowest BCUT2D eigenvalue weighted by Gasteiger charge is -2.30. The zero-order chi connectivity index (χ0) is 21.7. The van der Waals surface area contributed by atoms with Crippen LogP contribution in [0.1, 0.15) is 37.7 Å². The first-order valence-electron chi connectivity index (χ1n) is 10.0. The maximum atomic E-state index is 12.4. The summed E-state index contributed by atoms with van der Waals surface area (Å²) in [7, 11) is 0. The summed E-state index contributed by atoms with van der Waals surface area (Å²) in [6.07, 6.45) is 1.61. The molecule has 1 aromatic carbocycles. The summed E-state index contributed by atoms with van der Waals surface area (Å²) in [6, 6.07) is 6.21. The first-order valence-corrected chi connectivity index (χ1v) is 10.0. The van der Waals surface area contributed by atoms with Crippen LogP contribution in [0.3, 0.4) is 0 Å². The van der Waals surface area contributed by atoms with E-state index in [0.717, 1.165) is 5.56 Å². The Morgan fingerprint density at radius 2 is 1.73 bits per heavy atom. The van der Waals surface area contributed by atoms with Crippen LogP contribution in [0, 0.1) is 5.92 Å². The monoisotopic (exact) mass is 415 g/mol. The van der Waals surface area contributed by atoms with Crippen molar-refractivity contribution in [2.24, 2.45) is 5.92 Å². The number of hydrogen-bond donors (Lipinski definition) is 4. The maximum Gasteiger partial charge on any atom is 0.326 e. The van der Waals surface area contributed by atoms with Gasteiger partial charge in [0.15, 0.2) is 0 Å². The molecule has 160 valence electrons. The highest BCUT2D eigenvalue weighted by Crippen LogP contribution is 2.24. The van der Waals surface area contributed by atoms with Crippen molar-refractivity contribution >= 4 is 29.5 Å². The Morgan fingerprint density at radius 3 is 2.40 bits per heavy atom. The smallest absolute Gasteiger partial charge is 0.326 e. The molecule has 1 aromatic rings. The highest BCUT2D eigenvalue weighted by atomic mass is 16.4. The average molecular weight is 415 g/mol. The molecule has 9 heteroatoms. The van der Waals surface area contributed by atoms with E-state index in [1.54, 1.807) is 0 Å². The first kappa shape index (κ1) is 21.5. The molecule has 2 aliphatic rings. The van der Waals surface area contributed by atoms with Gasteiger partial charge < -0.3 is 21.1 Å². The van der Waals surface area contributed by atoms with E-state index < -0.39 is 47.7 Å². The number of rotatable bonds is 7. The van der Waals surface area contributed by atoms with Crippen LogP contribution in [0.5, 0.6) is 0 Å². The molecular formula is C21H25N3O6. The normalized spacial score (nSPS) is 25.1. The molecule has 3 amide bonds.